The Labute approximate surface area is 152 Å². The van der Waals surface area contributed by atoms with Gasteiger partial charge in [-0.05, 0) is 50.8 Å². The lowest BCUT2D eigenvalue weighted by Crippen LogP contribution is -2.29. The van der Waals surface area contributed by atoms with Gasteiger partial charge in [0.1, 0.15) is 5.75 Å². The molecule has 0 unspecified atom stereocenters. The molecule has 0 atom stereocenters. The first kappa shape index (κ1) is 17.9. The summed E-state index contributed by atoms with van der Waals surface area (Å²) in [6.07, 6.45) is 3.87. The van der Waals surface area contributed by atoms with Crippen molar-refractivity contribution >= 4 is 17.6 Å². The van der Waals surface area contributed by atoms with Crippen LogP contribution in [-0.2, 0) is 9.59 Å². The van der Waals surface area contributed by atoms with Gasteiger partial charge in [0.25, 0.3) is 0 Å². The minimum Gasteiger partial charge on any atom is -0.481 e. The van der Waals surface area contributed by atoms with E-state index in [1.165, 1.54) is 0 Å². The van der Waals surface area contributed by atoms with Crippen LogP contribution >= 0.6 is 0 Å². The van der Waals surface area contributed by atoms with Crippen LogP contribution in [0.15, 0.2) is 42.6 Å². The van der Waals surface area contributed by atoms with E-state index in [0.29, 0.717) is 43.0 Å². The van der Waals surface area contributed by atoms with Crippen molar-refractivity contribution in [2.24, 2.45) is 11.8 Å². The SMILES string of the molecule is Cc1ccc(Oc2ccc(NC(=O)C3CCC(C(=O)O)CC3)cn2)cc1. The molecule has 1 aliphatic rings. The van der Waals surface area contributed by atoms with Crippen LogP contribution in [-0.4, -0.2) is 22.0 Å². The highest BCUT2D eigenvalue weighted by Crippen LogP contribution is 2.30. The van der Waals surface area contributed by atoms with Crippen LogP contribution in [0.25, 0.3) is 0 Å². The van der Waals surface area contributed by atoms with Crippen LogP contribution in [0.3, 0.4) is 0 Å². The second-order valence-corrected chi connectivity index (χ2v) is 6.68. The Hall–Kier alpha value is -2.89. The summed E-state index contributed by atoms with van der Waals surface area (Å²) >= 11 is 0. The molecule has 1 fully saturated rings. The van der Waals surface area contributed by atoms with Crippen LogP contribution in [0.1, 0.15) is 31.2 Å². The number of rotatable bonds is 5. The minimum atomic E-state index is -0.766. The standard InChI is InChI=1S/C20H22N2O4/c1-13-2-9-17(10-3-13)26-18-11-8-16(12-21-18)22-19(23)14-4-6-15(7-5-14)20(24)25/h2-3,8-12,14-15H,4-7H2,1H3,(H,22,23)(H,24,25). The molecule has 136 valence electrons. The molecule has 3 rings (SSSR count). The number of aromatic nitrogens is 1. The van der Waals surface area contributed by atoms with Gasteiger partial charge in [0.15, 0.2) is 0 Å². The molecular weight excluding hydrogens is 332 g/mol. The molecule has 1 aliphatic carbocycles. The number of amides is 1. The highest BCUT2D eigenvalue weighted by Gasteiger charge is 2.29. The van der Waals surface area contributed by atoms with Crippen molar-refractivity contribution in [2.45, 2.75) is 32.6 Å². The van der Waals surface area contributed by atoms with Gasteiger partial charge in [-0.2, -0.15) is 0 Å². The number of anilines is 1. The molecule has 1 aromatic carbocycles. The van der Waals surface area contributed by atoms with Crippen LogP contribution in [0.5, 0.6) is 11.6 Å². The zero-order valence-electron chi connectivity index (χ0n) is 14.6. The van der Waals surface area contributed by atoms with Crippen LogP contribution < -0.4 is 10.1 Å². The molecule has 0 radical (unpaired) electrons. The monoisotopic (exact) mass is 354 g/mol. The Morgan fingerprint density at radius 1 is 1.04 bits per heavy atom. The average molecular weight is 354 g/mol. The Kier molecular flexibility index (Phi) is 5.51. The topological polar surface area (TPSA) is 88.5 Å². The number of ether oxygens (including phenoxy) is 1. The third-order valence-corrected chi connectivity index (χ3v) is 4.69. The number of nitrogens with zero attached hydrogens (tertiary/aromatic N) is 1. The van der Waals surface area contributed by atoms with Crippen molar-refractivity contribution < 1.29 is 19.4 Å². The second-order valence-electron chi connectivity index (χ2n) is 6.68. The molecule has 0 spiro atoms. The van der Waals surface area contributed by atoms with E-state index in [9.17, 15) is 9.59 Å². The van der Waals surface area contributed by atoms with Crippen molar-refractivity contribution in [2.75, 3.05) is 5.32 Å². The van der Waals surface area contributed by atoms with Crippen LogP contribution in [0.4, 0.5) is 5.69 Å². The van der Waals surface area contributed by atoms with E-state index in [2.05, 4.69) is 10.3 Å². The molecular formula is C20H22N2O4. The Morgan fingerprint density at radius 2 is 1.69 bits per heavy atom. The molecule has 2 aromatic rings. The number of aliphatic carboxylic acids is 1. The first-order chi connectivity index (χ1) is 12.5. The van der Waals surface area contributed by atoms with Crippen LogP contribution in [0.2, 0.25) is 0 Å². The number of carboxylic acids is 1. The number of nitrogens with one attached hydrogen (secondary N) is 1. The minimum absolute atomic E-state index is 0.0807. The quantitative estimate of drug-likeness (QED) is 0.847. The van der Waals surface area contributed by atoms with Gasteiger partial charge in [-0.25, -0.2) is 4.98 Å². The van der Waals surface area contributed by atoms with E-state index in [4.69, 9.17) is 9.84 Å². The number of benzene rings is 1. The van der Waals surface area contributed by atoms with Crippen molar-refractivity contribution in [3.8, 4) is 11.6 Å². The normalized spacial score (nSPS) is 19.6. The zero-order chi connectivity index (χ0) is 18.5. The van der Waals surface area contributed by atoms with Gasteiger partial charge in [-0.15, -0.1) is 0 Å². The molecule has 6 nitrogen and oxygen atoms in total. The highest BCUT2D eigenvalue weighted by atomic mass is 16.5. The summed E-state index contributed by atoms with van der Waals surface area (Å²) < 4.78 is 5.66. The summed E-state index contributed by atoms with van der Waals surface area (Å²) in [5.74, 6) is -0.156. The molecule has 26 heavy (non-hydrogen) atoms. The third-order valence-electron chi connectivity index (χ3n) is 4.69. The van der Waals surface area contributed by atoms with Crippen molar-refractivity contribution in [3.63, 3.8) is 0 Å². The largest absolute Gasteiger partial charge is 0.481 e. The molecule has 0 aliphatic heterocycles. The lowest BCUT2D eigenvalue weighted by atomic mass is 9.81. The van der Waals surface area contributed by atoms with Gasteiger partial charge in [-0.1, -0.05) is 17.7 Å². The van der Waals surface area contributed by atoms with Gasteiger partial charge in [0.2, 0.25) is 11.8 Å². The van der Waals surface area contributed by atoms with Gasteiger partial charge in [0.05, 0.1) is 17.8 Å². The summed E-state index contributed by atoms with van der Waals surface area (Å²) in [5, 5.41) is 11.9. The summed E-state index contributed by atoms with van der Waals surface area (Å²) in [6, 6.07) is 11.1. The number of hydrogen-bond acceptors (Lipinski definition) is 4. The molecule has 1 heterocycles. The lowest BCUT2D eigenvalue weighted by Gasteiger charge is -2.25. The number of hydrogen-bond donors (Lipinski definition) is 2. The molecule has 6 heteroatoms. The third kappa shape index (κ3) is 4.59. The van der Waals surface area contributed by atoms with Gasteiger partial charge in [0, 0.05) is 12.0 Å². The highest BCUT2D eigenvalue weighted by molar-refractivity contribution is 5.92. The van der Waals surface area contributed by atoms with Crippen molar-refractivity contribution in [1.29, 1.82) is 0 Å². The van der Waals surface area contributed by atoms with Gasteiger partial charge >= 0.3 is 5.97 Å². The average Bonchev–Trinajstić information content (AvgIpc) is 2.65. The number of aryl methyl sites for hydroxylation is 1. The van der Waals surface area contributed by atoms with Crippen molar-refractivity contribution in [1.82, 2.24) is 4.98 Å². The van der Waals surface area contributed by atoms with Gasteiger partial charge in [-0.3, -0.25) is 9.59 Å². The van der Waals surface area contributed by atoms with Crippen LogP contribution in [0, 0.1) is 18.8 Å². The summed E-state index contributed by atoms with van der Waals surface area (Å²) in [5.41, 5.74) is 1.76. The number of carbonyl (C=O) groups is 2. The maximum Gasteiger partial charge on any atom is 0.306 e. The molecule has 1 saturated carbocycles. The fourth-order valence-corrected chi connectivity index (χ4v) is 3.09. The molecule has 0 saturated heterocycles. The molecule has 1 amide bonds. The van der Waals surface area contributed by atoms with E-state index in [-0.39, 0.29) is 17.7 Å². The number of carbonyl (C=O) groups excluding carboxylic acids is 1. The lowest BCUT2D eigenvalue weighted by molar-refractivity contribution is -0.143. The van der Waals surface area contributed by atoms with Crippen molar-refractivity contribution in [3.05, 3.63) is 48.2 Å². The molecule has 0 bridgehead atoms. The van der Waals surface area contributed by atoms with Gasteiger partial charge < -0.3 is 15.2 Å². The van der Waals surface area contributed by atoms with E-state index < -0.39 is 5.97 Å². The maximum absolute atomic E-state index is 12.3. The Morgan fingerprint density at radius 3 is 2.27 bits per heavy atom. The predicted molar refractivity (Wildman–Crippen MR) is 97.2 cm³/mol. The summed E-state index contributed by atoms with van der Waals surface area (Å²) in [4.78, 5) is 27.5. The summed E-state index contributed by atoms with van der Waals surface area (Å²) in [7, 11) is 0. The first-order valence-corrected chi connectivity index (χ1v) is 8.75. The fraction of sp³-hybridized carbons (Fsp3) is 0.350. The Bertz CT molecular complexity index is 763. The van der Waals surface area contributed by atoms with E-state index >= 15 is 0 Å². The fourth-order valence-electron chi connectivity index (χ4n) is 3.09. The van der Waals surface area contributed by atoms with E-state index in [1.807, 2.05) is 31.2 Å². The molecule has 1 aromatic heterocycles. The number of pyridine rings is 1. The number of carboxylic acid groups (broad SMARTS) is 1. The zero-order valence-corrected chi connectivity index (χ0v) is 14.6. The second kappa shape index (κ2) is 7.99. The van der Waals surface area contributed by atoms with E-state index in [1.54, 1.807) is 18.3 Å². The predicted octanol–water partition coefficient (Wildman–Crippen LogP) is 4.01. The maximum atomic E-state index is 12.3. The smallest absolute Gasteiger partial charge is 0.306 e. The first-order valence-electron chi connectivity index (χ1n) is 8.75. The van der Waals surface area contributed by atoms with E-state index in [0.717, 1.165) is 5.56 Å². The Balaban J connectivity index is 1.53. The summed E-state index contributed by atoms with van der Waals surface area (Å²) in [6.45, 7) is 2.01. The molecule has 2 N–H and O–H groups in total.